The Morgan fingerprint density at radius 3 is 2.48 bits per heavy atom. The Morgan fingerprint density at radius 1 is 1.19 bits per heavy atom. The maximum Gasteiger partial charge on any atom is 0.121 e. The van der Waals surface area contributed by atoms with Crippen molar-refractivity contribution in [1.29, 1.82) is 0 Å². The van der Waals surface area contributed by atoms with Crippen molar-refractivity contribution in [2.75, 3.05) is 46.3 Å². The van der Waals surface area contributed by atoms with Crippen molar-refractivity contribution in [2.24, 2.45) is 0 Å². The molecule has 0 radical (unpaired) electrons. The van der Waals surface area contributed by atoms with Crippen molar-refractivity contribution in [3.63, 3.8) is 0 Å². The van der Waals surface area contributed by atoms with Gasteiger partial charge in [0, 0.05) is 31.5 Å². The van der Waals surface area contributed by atoms with E-state index in [2.05, 4.69) is 49.2 Å². The Kier molecular flexibility index (Phi) is 7.54. The van der Waals surface area contributed by atoms with Crippen LogP contribution >= 0.6 is 0 Å². The molecule has 0 aliphatic rings. The van der Waals surface area contributed by atoms with Crippen LogP contribution in [0.25, 0.3) is 0 Å². The second kappa shape index (κ2) is 8.90. The standard InChI is InChI=1S/C17H30N2O2/c1-13(2)16-8-7-15(21-10-9-19(4)5)11-17(16)18-14(3)12-20-6/h7-8,11,13-14,18H,9-10,12H2,1-6H3. The number of rotatable bonds is 9. The molecule has 0 aromatic heterocycles. The van der Waals surface area contributed by atoms with E-state index in [1.165, 1.54) is 5.56 Å². The number of ether oxygens (including phenoxy) is 2. The summed E-state index contributed by atoms with van der Waals surface area (Å²) in [6, 6.07) is 6.57. The molecule has 1 unspecified atom stereocenters. The number of hydrogen-bond acceptors (Lipinski definition) is 4. The van der Waals surface area contributed by atoms with Crippen LogP contribution in [-0.4, -0.2) is 51.9 Å². The monoisotopic (exact) mass is 294 g/mol. The molecule has 0 saturated carbocycles. The van der Waals surface area contributed by atoms with E-state index in [0.717, 1.165) is 18.0 Å². The third kappa shape index (κ3) is 6.36. The van der Waals surface area contributed by atoms with Crippen molar-refractivity contribution in [2.45, 2.75) is 32.7 Å². The van der Waals surface area contributed by atoms with Crippen LogP contribution in [0.5, 0.6) is 5.75 Å². The summed E-state index contributed by atoms with van der Waals surface area (Å²) in [7, 11) is 5.82. The van der Waals surface area contributed by atoms with Gasteiger partial charge in [-0.25, -0.2) is 0 Å². The first-order chi connectivity index (χ1) is 9.93. The topological polar surface area (TPSA) is 33.7 Å². The highest BCUT2D eigenvalue weighted by Crippen LogP contribution is 2.29. The molecule has 1 N–H and O–H groups in total. The van der Waals surface area contributed by atoms with Crippen LogP contribution in [0.15, 0.2) is 18.2 Å². The molecule has 1 atom stereocenters. The first-order valence-electron chi connectivity index (χ1n) is 7.61. The SMILES string of the molecule is COCC(C)Nc1cc(OCCN(C)C)ccc1C(C)C. The van der Waals surface area contributed by atoms with Gasteiger partial charge in [-0.05, 0) is 38.6 Å². The summed E-state index contributed by atoms with van der Waals surface area (Å²) >= 11 is 0. The molecule has 4 nitrogen and oxygen atoms in total. The Labute approximate surface area is 129 Å². The zero-order valence-electron chi connectivity index (χ0n) is 14.3. The maximum atomic E-state index is 5.82. The second-order valence-corrected chi connectivity index (χ2v) is 6.06. The molecule has 0 amide bonds. The highest BCUT2D eigenvalue weighted by Gasteiger charge is 2.11. The second-order valence-electron chi connectivity index (χ2n) is 6.06. The number of anilines is 1. The summed E-state index contributed by atoms with van der Waals surface area (Å²) in [5.74, 6) is 1.38. The number of nitrogens with zero attached hydrogens (tertiary/aromatic N) is 1. The van der Waals surface area contributed by atoms with E-state index < -0.39 is 0 Å². The van der Waals surface area contributed by atoms with E-state index in [-0.39, 0.29) is 6.04 Å². The number of likely N-dealkylation sites (N-methyl/N-ethyl adjacent to an activating group) is 1. The van der Waals surface area contributed by atoms with Crippen LogP contribution in [0.2, 0.25) is 0 Å². The van der Waals surface area contributed by atoms with E-state index in [1.807, 2.05) is 14.1 Å². The van der Waals surface area contributed by atoms with Gasteiger partial charge in [0.2, 0.25) is 0 Å². The molecule has 0 aliphatic heterocycles. The molecule has 0 spiro atoms. The molecule has 0 heterocycles. The van der Waals surface area contributed by atoms with Gasteiger partial charge in [0.25, 0.3) is 0 Å². The zero-order chi connectivity index (χ0) is 15.8. The van der Waals surface area contributed by atoms with Crippen molar-refractivity contribution >= 4 is 5.69 Å². The summed E-state index contributed by atoms with van der Waals surface area (Å²) in [5.41, 5.74) is 2.44. The molecule has 1 aromatic carbocycles. The van der Waals surface area contributed by atoms with Gasteiger partial charge in [-0.3, -0.25) is 0 Å². The van der Waals surface area contributed by atoms with Gasteiger partial charge in [-0.2, -0.15) is 0 Å². The van der Waals surface area contributed by atoms with E-state index in [1.54, 1.807) is 7.11 Å². The van der Waals surface area contributed by atoms with Crippen LogP contribution < -0.4 is 10.1 Å². The minimum absolute atomic E-state index is 0.268. The van der Waals surface area contributed by atoms with Gasteiger partial charge in [-0.1, -0.05) is 19.9 Å². The van der Waals surface area contributed by atoms with Gasteiger partial charge in [0.1, 0.15) is 12.4 Å². The van der Waals surface area contributed by atoms with Gasteiger partial charge >= 0.3 is 0 Å². The highest BCUT2D eigenvalue weighted by molar-refractivity contribution is 5.57. The molecule has 4 heteroatoms. The largest absolute Gasteiger partial charge is 0.492 e. The van der Waals surface area contributed by atoms with Crippen molar-refractivity contribution in [3.8, 4) is 5.75 Å². The minimum atomic E-state index is 0.268. The average Bonchev–Trinajstić information content (AvgIpc) is 2.38. The van der Waals surface area contributed by atoms with Crippen LogP contribution in [-0.2, 0) is 4.74 Å². The molecular formula is C17H30N2O2. The molecule has 1 aromatic rings. The van der Waals surface area contributed by atoms with Crippen LogP contribution in [0.4, 0.5) is 5.69 Å². The summed E-state index contributed by atoms with van der Waals surface area (Å²) in [6.45, 7) is 8.81. The molecule has 0 fully saturated rings. The molecule has 120 valence electrons. The van der Waals surface area contributed by atoms with E-state index in [9.17, 15) is 0 Å². The average molecular weight is 294 g/mol. The number of benzene rings is 1. The molecule has 0 aliphatic carbocycles. The lowest BCUT2D eigenvalue weighted by molar-refractivity contribution is 0.190. The lowest BCUT2D eigenvalue weighted by Crippen LogP contribution is -2.22. The van der Waals surface area contributed by atoms with Crippen LogP contribution in [0, 0.1) is 0 Å². The predicted molar refractivity (Wildman–Crippen MR) is 89.5 cm³/mol. The first-order valence-corrected chi connectivity index (χ1v) is 7.61. The summed E-state index contributed by atoms with van der Waals surface area (Å²) < 4.78 is 11.0. The molecule has 1 rings (SSSR count). The van der Waals surface area contributed by atoms with Crippen molar-refractivity contribution < 1.29 is 9.47 Å². The van der Waals surface area contributed by atoms with E-state index in [4.69, 9.17) is 9.47 Å². The smallest absolute Gasteiger partial charge is 0.121 e. The lowest BCUT2D eigenvalue weighted by Gasteiger charge is -2.20. The van der Waals surface area contributed by atoms with Crippen LogP contribution in [0.3, 0.4) is 0 Å². The number of hydrogen-bond donors (Lipinski definition) is 1. The Hall–Kier alpha value is -1.26. The van der Waals surface area contributed by atoms with E-state index >= 15 is 0 Å². The van der Waals surface area contributed by atoms with Gasteiger partial charge < -0.3 is 19.7 Å². The van der Waals surface area contributed by atoms with Crippen LogP contribution in [0.1, 0.15) is 32.3 Å². The summed E-state index contributed by atoms with van der Waals surface area (Å²) in [5, 5.41) is 3.52. The van der Waals surface area contributed by atoms with Crippen molar-refractivity contribution in [3.05, 3.63) is 23.8 Å². The fourth-order valence-electron chi connectivity index (χ4n) is 2.16. The molecule has 0 bridgehead atoms. The summed E-state index contributed by atoms with van der Waals surface area (Å²) in [4.78, 5) is 2.11. The molecular weight excluding hydrogens is 264 g/mol. The molecule has 21 heavy (non-hydrogen) atoms. The fraction of sp³-hybridized carbons (Fsp3) is 0.647. The van der Waals surface area contributed by atoms with E-state index in [0.29, 0.717) is 19.1 Å². The quantitative estimate of drug-likeness (QED) is 0.758. The lowest BCUT2D eigenvalue weighted by atomic mass is 10.0. The van der Waals surface area contributed by atoms with Gasteiger partial charge in [0.15, 0.2) is 0 Å². The minimum Gasteiger partial charge on any atom is -0.492 e. The van der Waals surface area contributed by atoms with Gasteiger partial charge in [0.05, 0.1) is 6.61 Å². The highest BCUT2D eigenvalue weighted by atomic mass is 16.5. The van der Waals surface area contributed by atoms with Gasteiger partial charge in [-0.15, -0.1) is 0 Å². The Balaban J connectivity index is 2.79. The van der Waals surface area contributed by atoms with Crippen molar-refractivity contribution in [1.82, 2.24) is 4.90 Å². The zero-order valence-corrected chi connectivity index (χ0v) is 14.3. The normalized spacial score (nSPS) is 12.8. The predicted octanol–water partition coefficient (Wildman–Crippen LogP) is 3.20. The first kappa shape index (κ1) is 17.8. The Morgan fingerprint density at radius 2 is 1.90 bits per heavy atom. The summed E-state index contributed by atoms with van der Waals surface area (Å²) in [6.07, 6.45) is 0. The fourth-order valence-corrected chi connectivity index (χ4v) is 2.16. The Bertz CT molecular complexity index is 419. The molecule has 0 saturated heterocycles. The number of methoxy groups -OCH3 is 1. The third-order valence-electron chi connectivity index (χ3n) is 3.27. The maximum absolute atomic E-state index is 5.82. The third-order valence-corrected chi connectivity index (χ3v) is 3.27. The number of nitrogens with one attached hydrogen (secondary N) is 1.